The van der Waals surface area contributed by atoms with Gasteiger partial charge in [-0.05, 0) is 61.7 Å². The van der Waals surface area contributed by atoms with E-state index in [0.717, 1.165) is 11.3 Å². The molecular weight excluding hydrogens is 289 g/mol. The number of halogens is 2. The number of benzene rings is 2. The van der Waals surface area contributed by atoms with Crippen LogP contribution in [0.25, 0.3) is 0 Å². The predicted octanol–water partition coefficient (Wildman–Crippen LogP) is 4.51. The third kappa shape index (κ3) is 4.45. The highest BCUT2D eigenvalue weighted by Gasteiger charge is 2.11. The van der Waals surface area contributed by atoms with Crippen LogP contribution in [0.2, 0.25) is 5.02 Å². The summed E-state index contributed by atoms with van der Waals surface area (Å²) < 4.78 is 18.9. The number of nitrogens with two attached hydrogens (primary N) is 1. The number of rotatable bonds is 5. The molecule has 0 heterocycles. The first-order chi connectivity index (χ1) is 9.95. The summed E-state index contributed by atoms with van der Waals surface area (Å²) in [7, 11) is 0. The lowest BCUT2D eigenvalue weighted by atomic mass is 9.99. The van der Waals surface area contributed by atoms with Crippen LogP contribution >= 0.6 is 11.6 Å². The zero-order valence-corrected chi connectivity index (χ0v) is 12.9. The van der Waals surface area contributed by atoms with Gasteiger partial charge in [0.2, 0.25) is 0 Å². The van der Waals surface area contributed by atoms with Crippen molar-refractivity contribution in [2.24, 2.45) is 5.73 Å². The summed E-state index contributed by atoms with van der Waals surface area (Å²) >= 11 is 6.08. The Hall–Kier alpha value is -1.58. The Morgan fingerprint density at radius 2 is 1.95 bits per heavy atom. The Kier molecular flexibility index (Phi) is 5.21. The first kappa shape index (κ1) is 15.8. The van der Waals surface area contributed by atoms with Crippen molar-refractivity contribution < 1.29 is 9.13 Å². The van der Waals surface area contributed by atoms with E-state index in [9.17, 15) is 4.39 Å². The van der Waals surface area contributed by atoms with Gasteiger partial charge in [0.1, 0.15) is 11.6 Å². The average molecular weight is 308 g/mol. The van der Waals surface area contributed by atoms with Crippen molar-refractivity contribution in [3.8, 4) is 5.75 Å². The molecule has 2 rings (SSSR count). The van der Waals surface area contributed by atoms with Crippen LogP contribution in [0.4, 0.5) is 4.39 Å². The summed E-state index contributed by atoms with van der Waals surface area (Å²) in [6.07, 6.45) is 0.580. The maximum atomic E-state index is 13.3. The van der Waals surface area contributed by atoms with Gasteiger partial charge in [-0.25, -0.2) is 4.39 Å². The summed E-state index contributed by atoms with van der Waals surface area (Å²) in [5.74, 6) is 0.474. The van der Waals surface area contributed by atoms with Crippen molar-refractivity contribution in [3.05, 3.63) is 64.4 Å². The SMILES string of the molecule is CC(C)Oc1cccc(C(N)Cc2cc(F)ccc2Cl)c1. The molecule has 0 radical (unpaired) electrons. The van der Waals surface area contributed by atoms with Gasteiger partial charge in [-0.1, -0.05) is 23.7 Å². The number of hydrogen-bond donors (Lipinski definition) is 1. The molecule has 0 saturated heterocycles. The Balaban J connectivity index is 2.16. The summed E-state index contributed by atoms with van der Waals surface area (Å²) in [6, 6.07) is 11.7. The minimum atomic E-state index is -0.307. The molecule has 0 aliphatic rings. The standard InChI is InChI=1S/C17H19ClFNO/c1-11(2)21-15-5-3-4-12(9-15)17(20)10-13-8-14(19)6-7-16(13)18/h3-9,11,17H,10,20H2,1-2H3. The molecule has 0 spiro atoms. The smallest absolute Gasteiger partial charge is 0.123 e. The van der Waals surface area contributed by atoms with Gasteiger partial charge in [0.15, 0.2) is 0 Å². The first-order valence-electron chi connectivity index (χ1n) is 6.92. The molecule has 0 bridgehead atoms. The maximum Gasteiger partial charge on any atom is 0.123 e. The van der Waals surface area contributed by atoms with E-state index in [0.29, 0.717) is 17.0 Å². The summed E-state index contributed by atoms with van der Waals surface area (Å²) in [4.78, 5) is 0. The first-order valence-corrected chi connectivity index (χ1v) is 7.29. The number of ether oxygens (including phenoxy) is 1. The van der Waals surface area contributed by atoms with E-state index >= 15 is 0 Å². The van der Waals surface area contributed by atoms with E-state index in [-0.39, 0.29) is 18.0 Å². The Labute approximate surface area is 129 Å². The van der Waals surface area contributed by atoms with E-state index in [1.165, 1.54) is 12.1 Å². The molecule has 21 heavy (non-hydrogen) atoms. The lowest BCUT2D eigenvalue weighted by molar-refractivity contribution is 0.242. The van der Waals surface area contributed by atoms with Gasteiger partial charge in [0, 0.05) is 11.1 Å². The van der Waals surface area contributed by atoms with Gasteiger partial charge < -0.3 is 10.5 Å². The molecule has 2 nitrogen and oxygen atoms in total. The quantitative estimate of drug-likeness (QED) is 0.882. The largest absolute Gasteiger partial charge is 0.491 e. The highest BCUT2D eigenvalue weighted by Crippen LogP contribution is 2.25. The highest BCUT2D eigenvalue weighted by atomic mass is 35.5. The molecular formula is C17H19ClFNO. The minimum absolute atomic E-state index is 0.106. The molecule has 2 aromatic rings. The maximum absolute atomic E-state index is 13.3. The van der Waals surface area contributed by atoms with Gasteiger partial charge in [-0.15, -0.1) is 0 Å². The van der Waals surface area contributed by atoms with Crippen molar-refractivity contribution in [3.63, 3.8) is 0 Å². The van der Waals surface area contributed by atoms with E-state index in [1.807, 2.05) is 38.1 Å². The third-order valence-electron chi connectivity index (χ3n) is 3.11. The Morgan fingerprint density at radius 1 is 1.19 bits per heavy atom. The van der Waals surface area contributed by atoms with Crippen LogP contribution in [-0.2, 0) is 6.42 Å². The van der Waals surface area contributed by atoms with Crippen LogP contribution in [0.5, 0.6) is 5.75 Å². The molecule has 0 aromatic heterocycles. The monoisotopic (exact) mass is 307 g/mol. The molecule has 0 aliphatic heterocycles. The summed E-state index contributed by atoms with van der Waals surface area (Å²) in [6.45, 7) is 3.94. The molecule has 0 aliphatic carbocycles. The van der Waals surface area contributed by atoms with Crippen LogP contribution in [0.1, 0.15) is 31.0 Å². The lowest BCUT2D eigenvalue weighted by Gasteiger charge is -2.16. The van der Waals surface area contributed by atoms with E-state index in [4.69, 9.17) is 22.1 Å². The van der Waals surface area contributed by atoms with Gasteiger partial charge in [-0.3, -0.25) is 0 Å². The van der Waals surface area contributed by atoms with Crippen LogP contribution in [0.3, 0.4) is 0 Å². The molecule has 2 N–H and O–H groups in total. The van der Waals surface area contributed by atoms with Gasteiger partial charge in [0.05, 0.1) is 6.10 Å². The summed E-state index contributed by atoms with van der Waals surface area (Å²) in [5, 5.41) is 0.529. The topological polar surface area (TPSA) is 35.2 Å². The lowest BCUT2D eigenvalue weighted by Crippen LogP contribution is -2.14. The highest BCUT2D eigenvalue weighted by molar-refractivity contribution is 6.31. The second kappa shape index (κ2) is 6.92. The van der Waals surface area contributed by atoms with Crippen LogP contribution in [-0.4, -0.2) is 6.10 Å². The fourth-order valence-electron chi connectivity index (χ4n) is 2.15. The van der Waals surface area contributed by atoms with Crippen LogP contribution in [0, 0.1) is 5.82 Å². The van der Waals surface area contributed by atoms with Crippen molar-refractivity contribution in [2.75, 3.05) is 0 Å². The van der Waals surface area contributed by atoms with Crippen LogP contribution < -0.4 is 10.5 Å². The second-order valence-corrected chi connectivity index (χ2v) is 5.69. The molecule has 112 valence electrons. The minimum Gasteiger partial charge on any atom is -0.491 e. The Bertz CT molecular complexity index is 615. The number of hydrogen-bond acceptors (Lipinski definition) is 2. The van der Waals surface area contributed by atoms with Crippen molar-refractivity contribution in [1.82, 2.24) is 0 Å². The van der Waals surface area contributed by atoms with E-state index in [1.54, 1.807) is 6.07 Å². The molecule has 1 unspecified atom stereocenters. The molecule has 2 aromatic carbocycles. The fourth-order valence-corrected chi connectivity index (χ4v) is 2.34. The molecule has 0 fully saturated rings. The van der Waals surface area contributed by atoms with Crippen molar-refractivity contribution in [1.29, 1.82) is 0 Å². The van der Waals surface area contributed by atoms with Crippen molar-refractivity contribution >= 4 is 11.6 Å². The molecule has 4 heteroatoms. The van der Waals surface area contributed by atoms with Crippen LogP contribution in [0.15, 0.2) is 42.5 Å². The van der Waals surface area contributed by atoms with Gasteiger partial charge in [-0.2, -0.15) is 0 Å². The Morgan fingerprint density at radius 3 is 2.67 bits per heavy atom. The summed E-state index contributed by atoms with van der Waals surface area (Å²) in [5.41, 5.74) is 7.86. The predicted molar refractivity (Wildman–Crippen MR) is 84.2 cm³/mol. The van der Waals surface area contributed by atoms with Gasteiger partial charge >= 0.3 is 0 Å². The van der Waals surface area contributed by atoms with E-state index in [2.05, 4.69) is 0 Å². The molecule has 1 atom stereocenters. The molecule has 0 amide bonds. The van der Waals surface area contributed by atoms with Crippen molar-refractivity contribution in [2.45, 2.75) is 32.4 Å². The normalized spacial score (nSPS) is 12.5. The fraction of sp³-hybridized carbons (Fsp3) is 0.294. The van der Waals surface area contributed by atoms with E-state index < -0.39 is 0 Å². The average Bonchev–Trinajstić information content (AvgIpc) is 2.42. The zero-order valence-electron chi connectivity index (χ0n) is 12.1. The second-order valence-electron chi connectivity index (χ2n) is 5.29. The van der Waals surface area contributed by atoms with Gasteiger partial charge in [0.25, 0.3) is 0 Å². The zero-order chi connectivity index (χ0) is 15.4. The third-order valence-corrected chi connectivity index (χ3v) is 3.47. The molecule has 0 saturated carbocycles.